The Morgan fingerprint density at radius 1 is 1.23 bits per heavy atom. The minimum atomic E-state index is -0.322. The molecule has 5 nitrogen and oxygen atoms in total. The molecule has 0 unspecified atom stereocenters. The zero-order valence-electron chi connectivity index (χ0n) is 14.4. The van der Waals surface area contributed by atoms with Crippen LogP contribution < -0.4 is 5.32 Å². The molecule has 0 aromatic rings. The first-order valence-electron chi connectivity index (χ1n) is 8.92. The fourth-order valence-electron chi connectivity index (χ4n) is 3.68. The van der Waals surface area contributed by atoms with E-state index < -0.39 is 0 Å². The molecular formula is C17H33N3O2. The first kappa shape index (κ1) is 17.5. The maximum absolute atomic E-state index is 12.3. The lowest BCUT2D eigenvalue weighted by Crippen LogP contribution is -2.50. The van der Waals surface area contributed by atoms with E-state index in [2.05, 4.69) is 24.1 Å². The van der Waals surface area contributed by atoms with Crippen molar-refractivity contribution in [1.82, 2.24) is 15.1 Å². The normalized spacial score (nSPS) is 28.1. The topological polar surface area (TPSA) is 55.8 Å². The number of hydrogen-bond acceptors (Lipinski definition) is 3. The van der Waals surface area contributed by atoms with E-state index in [1.165, 1.54) is 19.3 Å². The molecule has 0 aromatic heterocycles. The van der Waals surface area contributed by atoms with Gasteiger partial charge in [-0.05, 0) is 38.6 Å². The summed E-state index contributed by atoms with van der Waals surface area (Å²) in [5, 5.41) is 12.8. The van der Waals surface area contributed by atoms with Crippen molar-refractivity contribution >= 4 is 6.03 Å². The van der Waals surface area contributed by atoms with Crippen LogP contribution in [0.4, 0.5) is 4.79 Å². The molecule has 5 heteroatoms. The molecule has 2 heterocycles. The number of nitrogens with zero attached hydrogens (tertiary/aromatic N) is 2. The van der Waals surface area contributed by atoms with Gasteiger partial charge in [0, 0.05) is 38.1 Å². The smallest absolute Gasteiger partial charge is 0.317 e. The number of carbonyl (C=O) groups excluding carboxylic acids is 1. The van der Waals surface area contributed by atoms with E-state index in [9.17, 15) is 9.90 Å². The molecule has 0 aromatic carbocycles. The van der Waals surface area contributed by atoms with Crippen LogP contribution in [0.2, 0.25) is 0 Å². The number of carbonyl (C=O) groups is 1. The molecule has 2 N–H and O–H groups in total. The predicted molar refractivity (Wildman–Crippen MR) is 88.8 cm³/mol. The molecule has 2 amide bonds. The van der Waals surface area contributed by atoms with Gasteiger partial charge in [0.05, 0.1) is 6.10 Å². The minimum Gasteiger partial charge on any atom is -0.393 e. The highest BCUT2D eigenvalue weighted by atomic mass is 16.3. The van der Waals surface area contributed by atoms with Crippen molar-refractivity contribution in [3.8, 4) is 0 Å². The number of piperidine rings is 1. The van der Waals surface area contributed by atoms with Crippen molar-refractivity contribution in [1.29, 1.82) is 0 Å². The summed E-state index contributed by atoms with van der Waals surface area (Å²) in [6.45, 7) is 10.8. The van der Waals surface area contributed by atoms with Gasteiger partial charge in [-0.1, -0.05) is 20.3 Å². The van der Waals surface area contributed by atoms with Crippen molar-refractivity contribution in [2.45, 2.75) is 58.6 Å². The Morgan fingerprint density at radius 2 is 2.00 bits per heavy atom. The summed E-state index contributed by atoms with van der Waals surface area (Å²) in [5.74, 6) is 0.902. The molecule has 2 aliphatic heterocycles. The van der Waals surface area contributed by atoms with Gasteiger partial charge >= 0.3 is 6.03 Å². The summed E-state index contributed by atoms with van der Waals surface area (Å²) in [6.07, 6.45) is 4.32. The van der Waals surface area contributed by atoms with Crippen molar-refractivity contribution in [3.63, 3.8) is 0 Å². The molecule has 22 heavy (non-hydrogen) atoms. The Bertz CT molecular complexity index is 360. The maximum atomic E-state index is 12.3. The molecule has 0 spiro atoms. The Morgan fingerprint density at radius 3 is 2.64 bits per heavy atom. The van der Waals surface area contributed by atoms with Gasteiger partial charge in [0.15, 0.2) is 0 Å². The van der Waals surface area contributed by atoms with E-state index in [1.54, 1.807) is 0 Å². The second-order valence-electron chi connectivity index (χ2n) is 7.46. The Hall–Kier alpha value is -0.810. The Balaban J connectivity index is 1.77. The molecule has 0 aliphatic carbocycles. The SMILES string of the molecule is CC(C)CN1CCCC[C@@H]1CNC(=O)N1CC[C@@H]([C@H](C)O)C1. The highest BCUT2D eigenvalue weighted by Crippen LogP contribution is 2.20. The first-order valence-corrected chi connectivity index (χ1v) is 8.92. The van der Waals surface area contributed by atoms with E-state index in [1.807, 2.05) is 11.8 Å². The monoisotopic (exact) mass is 311 g/mol. The number of likely N-dealkylation sites (tertiary alicyclic amines) is 2. The van der Waals surface area contributed by atoms with E-state index in [0.29, 0.717) is 18.5 Å². The van der Waals surface area contributed by atoms with Crippen molar-refractivity contribution in [2.75, 3.05) is 32.7 Å². The number of urea groups is 1. The minimum absolute atomic E-state index is 0.0400. The molecule has 2 saturated heterocycles. The van der Waals surface area contributed by atoms with Crippen LogP contribution in [0.25, 0.3) is 0 Å². The molecule has 2 rings (SSSR count). The van der Waals surface area contributed by atoms with Crippen molar-refractivity contribution < 1.29 is 9.90 Å². The molecule has 3 atom stereocenters. The summed E-state index contributed by atoms with van der Waals surface area (Å²) < 4.78 is 0. The van der Waals surface area contributed by atoms with Crippen LogP contribution in [0.5, 0.6) is 0 Å². The maximum Gasteiger partial charge on any atom is 0.317 e. The lowest BCUT2D eigenvalue weighted by molar-refractivity contribution is 0.123. The fourth-order valence-corrected chi connectivity index (χ4v) is 3.68. The molecular weight excluding hydrogens is 278 g/mol. The van der Waals surface area contributed by atoms with Crippen molar-refractivity contribution in [2.24, 2.45) is 11.8 Å². The van der Waals surface area contributed by atoms with Gasteiger partial charge in [-0.2, -0.15) is 0 Å². The van der Waals surface area contributed by atoms with Gasteiger partial charge in [0.25, 0.3) is 0 Å². The molecule has 2 aliphatic rings. The summed E-state index contributed by atoms with van der Waals surface area (Å²) in [7, 11) is 0. The zero-order chi connectivity index (χ0) is 16.1. The highest BCUT2D eigenvalue weighted by Gasteiger charge is 2.30. The predicted octanol–water partition coefficient (Wildman–Crippen LogP) is 1.91. The van der Waals surface area contributed by atoms with E-state index in [4.69, 9.17) is 0 Å². The molecule has 0 saturated carbocycles. The third-order valence-corrected chi connectivity index (χ3v) is 5.03. The third kappa shape index (κ3) is 4.85. The van der Waals surface area contributed by atoms with Crippen LogP contribution in [0.3, 0.4) is 0 Å². The van der Waals surface area contributed by atoms with Gasteiger partial charge in [-0.25, -0.2) is 4.79 Å². The largest absolute Gasteiger partial charge is 0.393 e. The summed E-state index contributed by atoms with van der Waals surface area (Å²) in [6, 6.07) is 0.522. The number of aliphatic hydroxyl groups is 1. The summed E-state index contributed by atoms with van der Waals surface area (Å²) in [5.41, 5.74) is 0. The van der Waals surface area contributed by atoms with Crippen LogP contribution in [0.15, 0.2) is 0 Å². The zero-order valence-corrected chi connectivity index (χ0v) is 14.4. The highest BCUT2D eigenvalue weighted by molar-refractivity contribution is 5.74. The van der Waals surface area contributed by atoms with Crippen LogP contribution in [0, 0.1) is 11.8 Å². The fraction of sp³-hybridized carbons (Fsp3) is 0.941. The number of nitrogens with one attached hydrogen (secondary N) is 1. The van der Waals surface area contributed by atoms with Crippen LogP contribution in [0.1, 0.15) is 46.5 Å². The van der Waals surface area contributed by atoms with Gasteiger partial charge in [0.2, 0.25) is 0 Å². The third-order valence-electron chi connectivity index (χ3n) is 5.03. The van der Waals surface area contributed by atoms with Crippen LogP contribution >= 0.6 is 0 Å². The summed E-state index contributed by atoms with van der Waals surface area (Å²) >= 11 is 0. The number of amides is 2. The van der Waals surface area contributed by atoms with E-state index >= 15 is 0 Å². The second-order valence-corrected chi connectivity index (χ2v) is 7.46. The van der Waals surface area contributed by atoms with Crippen LogP contribution in [-0.2, 0) is 0 Å². The Labute approximate surface area is 135 Å². The van der Waals surface area contributed by atoms with Gasteiger partial charge < -0.3 is 15.3 Å². The second kappa shape index (κ2) is 8.16. The van der Waals surface area contributed by atoms with Gasteiger partial charge in [-0.15, -0.1) is 0 Å². The molecule has 2 fully saturated rings. The van der Waals surface area contributed by atoms with Crippen LogP contribution in [-0.4, -0.2) is 65.8 Å². The van der Waals surface area contributed by atoms with E-state index in [-0.39, 0.29) is 18.1 Å². The summed E-state index contributed by atoms with van der Waals surface area (Å²) in [4.78, 5) is 16.7. The molecule has 0 bridgehead atoms. The lowest BCUT2D eigenvalue weighted by atomic mass is 10.0. The van der Waals surface area contributed by atoms with E-state index in [0.717, 1.165) is 32.6 Å². The number of rotatable bonds is 5. The standard InChI is InChI=1S/C17H33N3O2/c1-13(2)11-19-8-5-4-6-16(19)10-18-17(22)20-9-7-15(12-20)14(3)21/h13-16,21H,4-12H2,1-3H3,(H,18,22)/t14-,15+,16+/m0/s1. The average molecular weight is 311 g/mol. The Kier molecular flexibility index (Phi) is 6.50. The number of aliphatic hydroxyl groups excluding tert-OH is 1. The average Bonchev–Trinajstić information content (AvgIpc) is 2.95. The quantitative estimate of drug-likeness (QED) is 0.815. The van der Waals surface area contributed by atoms with Gasteiger partial charge in [-0.3, -0.25) is 4.90 Å². The van der Waals surface area contributed by atoms with Crippen molar-refractivity contribution in [3.05, 3.63) is 0 Å². The number of hydrogen-bond donors (Lipinski definition) is 2. The lowest BCUT2D eigenvalue weighted by Gasteiger charge is -2.37. The molecule has 0 radical (unpaired) electrons. The first-order chi connectivity index (χ1) is 10.5. The molecule has 128 valence electrons. The van der Waals surface area contributed by atoms with Gasteiger partial charge in [0.1, 0.15) is 0 Å².